The van der Waals surface area contributed by atoms with Crippen molar-refractivity contribution in [2.75, 3.05) is 5.75 Å². The van der Waals surface area contributed by atoms with Gasteiger partial charge >= 0.3 is 0 Å². The largest absolute Gasteiger partial charge is 0.464 e. The van der Waals surface area contributed by atoms with Crippen molar-refractivity contribution in [3.8, 4) is 0 Å². The molecule has 0 spiro atoms. The van der Waals surface area contributed by atoms with Gasteiger partial charge in [0.05, 0.1) is 10.5 Å². The second kappa shape index (κ2) is 6.89. The summed E-state index contributed by atoms with van der Waals surface area (Å²) in [6, 6.07) is 17.8. The molecule has 0 aliphatic heterocycles. The van der Waals surface area contributed by atoms with Crippen LogP contribution in [0.4, 0.5) is 0 Å². The van der Waals surface area contributed by atoms with Gasteiger partial charge in [-0.2, -0.15) is 0 Å². The molecule has 2 aromatic carbocycles. The first-order valence-electron chi connectivity index (χ1n) is 8.73. The molecule has 3 heteroatoms. The Morgan fingerprint density at radius 1 is 0.920 bits per heavy atom. The molecule has 0 saturated heterocycles. The zero-order chi connectivity index (χ0) is 17.4. The fraction of sp³-hybridized carbons (Fsp3) is 0.273. The van der Waals surface area contributed by atoms with Gasteiger partial charge in [0.25, 0.3) is 0 Å². The van der Waals surface area contributed by atoms with Crippen LogP contribution in [0.5, 0.6) is 0 Å². The molecule has 4 rings (SSSR count). The lowest BCUT2D eigenvalue weighted by Gasteiger charge is -2.10. The highest BCUT2D eigenvalue weighted by Crippen LogP contribution is 2.36. The van der Waals surface area contributed by atoms with Crippen LogP contribution in [0, 0.1) is 0 Å². The molecule has 128 valence electrons. The predicted molar refractivity (Wildman–Crippen MR) is 111 cm³/mol. The number of fused-ring (bicyclic) bond motifs is 2. The summed E-state index contributed by atoms with van der Waals surface area (Å²) in [5.74, 6) is 2.19. The number of hydrogen-bond acceptors (Lipinski definition) is 3. The summed E-state index contributed by atoms with van der Waals surface area (Å²) in [5, 5.41) is 2.57. The molecule has 0 bridgehead atoms. The van der Waals surface area contributed by atoms with Crippen molar-refractivity contribution in [1.29, 1.82) is 0 Å². The van der Waals surface area contributed by atoms with Gasteiger partial charge in [-0.1, -0.05) is 39.0 Å². The fourth-order valence-corrected chi connectivity index (χ4v) is 5.36. The lowest BCUT2D eigenvalue weighted by atomic mass is 10.0. The number of thiophene rings is 1. The minimum absolute atomic E-state index is 0.515. The number of hydrogen-bond donors (Lipinski definition) is 0. The highest BCUT2D eigenvalue weighted by molar-refractivity contribution is 8.01. The van der Waals surface area contributed by atoms with Gasteiger partial charge in [0, 0.05) is 15.8 Å². The summed E-state index contributed by atoms with van der Waals surface area (Å²) in [5.41, 5.74) is 3.77. The normalized spacial score (nSPS) is 13.1. The molecule has 1 atom stereocenters. The van der Waals surface area contributed by atoms with E-state index >= 15 is 0 Å². The predicted octanol–water partition coefficient (Wildman–Crippen LogP) is 7.67. The van der Waals surface area contributed by atoms with Crippen LogP contribution in [-0.2, 0) is 0 Å². The maximum Gasteiger partial charge on any atom is 0.133 e. The topological polar surface area (TPSA) is 13.1 Å². The number of furan rings is 1. The van der Waals surface area contributed by atoms with Crippen LogP contribution < -0.4 is 0 Å². The van der Waals surface area contributed by atoms with Crippen molar-refractivity contribution in [3.63, 3.8) is 0 Å². The van der Waals surface area contributed by atoms with E-state index in [9.17, 15) is 0 Å². The summed E-state index contributed by atoms with van der Waals surface area (Å²) in [6.07, 6.45) is 1.76. The van der Waals surface area contributed by atoms with Gasteiger partial charge in [-0.3, -0.25) is 0 Å². The van der Waals surface area contributed by atoms with Crippen LogP contribution in [0.1, 0.15) is 43.7 Å². The third-order valence-corrected chi connectivity index (χ3v) is 7.29. The van der Waals surface area contributed by atoms with Crippen molar-refractivity contribution in [2.24, 2.45) is 0 Å². The second-order valence-electron chi connectivity index (χ2n) is 6.95. The van der Waals surface area contributed by atoms with Crippen LogP contribution in [0.15, 0.2) is 63.4 Å². The average molecular weight is 367 g/mol. The minimum atomic E-state index is 0.515. The molecule has 1 unspecified atom stereocenters. The van der Waals surface area contributed by atoms with Crippen molar-refractivity contribution < 1.29 is 4.42 Å². The van der Waals surface area contributed by atoms with Gasteiger partial charge in [0.15, 0.2) is 0 Å². The average Bonchev–Trinajstić information content (AvgIpc) is 3.24. The van der Waals surface area contributed by atoms with Crippen LogP contribution in [0.25, 0.3) is 21.1 Å². The molecule has 0 radical (unpaired) electrons. The zero-order valence-electron chi connectivity index (χ0n) is 14.8. The molecule has 2 heterocycles. The first-order chi connectivity index (χ1) is 12.1. The van der Waals surface area contributed by atoms with Gasteiger partial charge in [0.1, 0.15) is 5.58 Å². The standard InChI is InChI=1S/C22H22OS2/c1-14(2)16-5-7-21-19(10-16)12-22(25-21)24-13-15(3)17-4-6-20-18(11-17)8-9-23-20/h4-12,14-15H,13H2,1-3H3. The van der Waals surface area contributed by atoms with E-state index in [0.29, 0.717) is 11.8 Å². The van der Waals surface area contributed by atoms with Crippen molar-refractivity contribution in [2.45, 2.75) is 36.8 Å². The summed E-state index contributed by atoms with van der Waals surface area (Å²) in [7, 11) is 0. The van der Waals surface area contributed by atoms with E-state index in [2.05, 4.69) is 63.2 Å². The maximum atomic E-state index is 5.44. The van der Waals surface area contributed by atoms with Crippen LogP contribution in [0.2, 0.25) is 0 Å². The van der Waals surface area contributed by atoms with Crippen molar-refractivity contribution in [1.82, 2.24) is 0 Å². The Bertz CT molecular complexity index is 1010. The quantitative estimate of drug-likeness (QED) is 0.336. The maximum absolute atomic E-state index is 5.44. The van der Waals surface area contributed by atoms with Crippen molar-refractivity contribution in [3.05, 3.63) is 65.9 Å². The monoisotopic (exact) mass is 366 g/mol. The van der Waals surface area contributed by atoms with E-state index in [1.54, 1.807) is 6.26 Å². The minimum Gasteiger partial charge on any atom is -0.464 e. The van der Waals surface area contributed by atoms with Gasteiger partial charge in [-0.25, -0.2) is 0 Å². The van der Waals surface area contributed by atoms with E-state index in [1.165, 1.54) is 30.8 Å². The van der Waals surface area contributed by atoms with Crippen LogP contribution in [-0.4, -0.2) is 5.75 Å². The highest BCUT2D eigenvalue weighted by Gasteiger charge is 2.10. The van der Waals surface area contributed by atoms with Gasteiger partial charge < -0.3 is 4.42 Å². The molecule has 4 aromatic rings. The molecular weight excluding hydrogens is 344 g/mol. The molecule has 0 aliphatic carbocycles. The van der Waals surface area contributed by atoms with E-state index in [4.69, 9.17) is 4.42 Å². The summed E-state index contributed by atoms with van der Waals surface area (Å²) < 4.78 is 8.24. The molecule has 2 aromatic heterocycles. The third-order valence-electron chi connectivity index (χ3n) is 4.71. The summed E-state index contributed by atoms with van der Waals surface area (Å²) >= 11 is 3.87. The van der Waals surface area contributed by atoms with E-state index in [1.807, 2.05) is 29.2 Å². The Morgan fingerprint density at radius 3 is 2.56 bits per heavy atom. The molecular formula is C22H22OS2. The molecule has 0 fully saturated rings. The summed E-state index contributed by atoms with van der Waals surface area (Å²) in [4.78, 5) is 0. The van der Waals surface area contributed by atoms with Crippen LogP contribution in [0.3, 0.4) is 0 Å². The number of rotatable bonds is 5. The Labute approximate surface area is 157 Å². The van der Waals surface area contributed by atoms with Gasteiger partial charge in [-0.15, -0.1) is 23.1 Å². The lowest BCUT2D eigenvalue weighted by Crippen LogP contribution is -1.95. The van der Waals surface area contributed by atoms with Gasteiger partial charge in [0.2, 0.25) is 0 Å². The van der Waals surface area contributed by atoms with E-state index < -0.39 is 0 Å². The van der Waals surface area contributed by atoms with Crippen LogP contribution >= 0.6 is 23.1 Å². The first kappa shape index (κ1) is 16.7. The lowest BCUT2D eigenvalue weighted by molar-refractivity contribution is 0.615. The Kier molecular flexibility index (Phi) is 4.61. The molecule has 0 saturated carbocycles. The Morgan fingerprint density at radius 2 is 1.72 bits per heavy atom. The molecule has 0 aliphatic rings. The number of benzene rings is 2. The third kappa shape index (κ3) is 3.49. The first-order valence-corrected chi connectivity index (χ1v) is 10.5. The van der Waals surface area contributed by atoms with Gasteiger partial charge in [-0.05, 0) is 58.7 Å². The fourth-order valence-electron chi connectivity index (χ4n) is 3.06. The zero-order valence-corrected chi connectivity index (χ0v) is 16.4. The summed E-state index contributed by atoms with van der Waals surface area (Å²) in [6.45, 7) is 6.81. The smallest absolute Gasteiger partial charge is 0.133 e. The van der Waals surface area contributed by atoms with E-state index in [-0.39, 0.29) is 0 Å². The molecule has 25 heavy (non-hydrogen) atoms. The highest BCUT2D eigenvalue weighted by atomic mass is 32.2. The second-order valence-corrected chi connectivity index (χ2v) is 9.35. The Balaban J connectivity index is 1.49. The SMILES string of the molecule is CC(C)c1ccc2sc(SCC(C)c3ccc4occc4c3)cc2c1. The van der Waals surface area contributed by atoms with E-state index in [0.717, 1.165) is 11.3 Å². The Hall–Kier alpha value is -1.71. The van der Waals surface area contributed by atoms with Crippen molar-refractivity contribution >= 4 is 44.2 Å². The molecule has 0 amide bonds. The molecule has 1 nitrogen and oxygen atoms in total. The molecule has 0 N–H and O–H groups in total. The number of thioether (sulfide) groups is 1.